The van der Waals surface area contributed by atoms with Crippen LogP contribution < -0.4 is 0 Å². The van der Waals surface area contributed by atoms with E-state index < -0.39 is 0 Å². The first-order valence-electron chi connectivity index (χ1n) is 5.40. The van der Waals surface area contributed by atoms with Gasteiger partial charge in [-0.2, -0.15) is 0 Å². The van der Waals surface area contributed by atoms with Gasteiger partial charge in [0, 0.05) is 18.7 Å². The molecule has 0 amide bonds. The van der Waals surface area contributed by atoms with E-state index in [0.29, 0.717) is 12.3 Å². The van der Waals surface area contributed by atoms with Crippen molar-refractivity contribution < 1.29 is 4.79 Å². The lowest BCUT2D eigenvalue weighted by molar-refractivity contribution is -0.121. The van der Waals surface area contributed by atoms with Gasteiger partial charge in [-0.3, -0.25) is 9.48 Å². The number of carbonyl (C=O) groups excluding carboxylic acids is 1. The molecule has 4 heteroatoms. The van der Waals surface area contributed by atoms with Gasteiger partial charge in [-0.15, -0.1) is 5.10 Å². The van der Waals surface area contributed by atoms with E-state index in [0.717, 1.165) is 12.2 Å². The summed E-state index contributed by atoms with van der Waals surface area (Å²) in [6.45, 7) is 8.91. The Labute approximate surface area is 90.7 Å². The zero-order chi connectivity index (χ0) is 11.4. The zero-order valence-electron chi connectivity index (χ0n) is 9.90. The maximum absolute atomic E-state index is 11.5. The van der Waals surface area contributed by atoms with Crippen molar-refractivity contribution in [2.45, 2.75) is 40.7 Å². The maximum atomic E-state index is 11.5. The molecule has 15 heavy (non-hydrogen) atoms. The Bertz CT molecular complexity index is 328. The first-order chi connectivity index (χ1) is 6.99. The largest absolute Gasteiger partial charge is 0.299 e. The fraction of sp³-hybridized carbons (Fsp3) is 0.727. The Kier molecular flexibility index (Phi) is 4.00. The standard InChI is InChI=1S/C11H19N3O/c1-8(2)6-14-7-10(12-13-14)5-11(15)9(3)4/h7-9H,5-6H2,1-4H3. The highest BCUT2D eigenvalue weighted by atomic mass is 16.1. The predicted octanol–water partition coefficient (Wildman–Crippen LogP) is 1.70. The van der Waals surface area contributed by atoms with Crippen LogP contribution in [0.2, 0.25) is 0 Å². The van der Waals surface area contributed by atoms with Gasteiger partial charge in [-0.05, 0) is 5.92 Å². The third-order valence-electron chi connectivity index (χ3n) is 2.14. The maximum Gasteiger partial charge on any atom is 0.141 e. The summed E-state index contributed by atoms with van der Waals surface area (Å²) >= 11 is 0. The third-order valence-corrected chi connectivity index (χ3v) is 2.14. The van der Waals surface area contributed by atoms with Gasteiger partial charge >= 0.3 is 0 Å². The van der Waals surface area contributed by atoms with E-state index in [4.69, 9.17) is 0 Å². The molecule has 0 aliphatic heterocycles. The molecule has 0 saturated carbocycles. The highest BCUT2D eigenvalue weighted by Gasteiger charge is 2.11. The fourth-order valence-electron chi connectivity index (χ4n) is 1.27. The molecule has 0 aliphatic carbocycles. The number of hydrogen-bond acceptors (Lipinski definition) is 3. The van der Waals surface area contributed by atoms with Gasteiger partial charge in [0.15, 0.2) is 0 Å². The number of carbonyl (C=O) groups is 1. The zero-order valence-corrected chi connectivity index (χ0v) is 9.90. The Morgan fingerprint density at radius 1 is 1.40 bits per heavy atom. The SMILES string of the molecule is CC(C)Cn1cc(CC(=O)C(C)C)nn1. The third kappa shape index (κ3) is 3.81. The molecule has 4 nitrogen and oxygen atoms in total. The van der Waals surface area contributed by atoms with Crippen LogP contribution in [-0.4, -0.2) is 20.8 Å². The van der Waals surface area contributed by atoms with Crippen LogP contribution in [0.4, 0.5) is 0 Å². The number of nitrogens with zero attached hydrogens (tertiary/aromatic N) is 3. The van der Waals surface area contributed by atoms with Crippen LogP contribution in [0.1, 0.15) is 33.4 Å². The molecule has 1 aromatic heterocycles. The summed E-state index contributed by atoms with van der Waals surface area (Å²) in [7, 11) is 0. The van der Waals surface area contributed by atoms with Crippen molar-refractivity contribution in [2.24, 2.45) is 11.8 Å². The molecule has 0 aliphatic rings. The Morgan fingerprint density at radius 2 is 2.07 bits per heavy atom. The van der Waals surface area contributed by atoms with Crippen LogP contribution in [0.25, 0.3) is 0 Å². The van der Waals surface area contributed by atoms with Gasteiger partial charge in [0.25, 0.3) is 0 Å². The highest BCUT2D eigenvalue weighted by molar-refractivity contribution is 5.82. The number of rotatable bonds is 5. The molecule has 0 fully saturated rings. The van der Waals surface area contributed by atoms with E-state index in [1.54, 1.807) is 4.68 Å². The molecule has 0 unspecified atom stereocenters. The summed E-state index contributed by atoms with van der Waals surface area (Å²) in [5.41, 5.74) is 0.773. The monoisotopic (exact) mass is 209 g/mol. The first-order valence-corrected chi connectivity index (χ1v) is 5.40. The lowest BCUT2D eigenvalue weighted by Crippen LogP contribution is -2.10. The summed E-state index contributed by atoms with van der Waals surface area (Å²) in [4.78, 5) is 11.5. The van der Waals surface area contributed by atoms with Gasteiger partial charge in [-0.25, -0.2) is 0 Å². The van der Waals surface area contributed by atoms with Crippen LogP contribution in [-0.2, 0) is 17.8 Å². The Balaban J connectivity index is 2.56. The minimum absolute atomic E-state index is 0.0697. The lowest BCUT2D eigenvalue weighted by atomic mass is 10.1. The second-order valence-electron chi connectivity index (χ2n) is 4.62. The van der Waals surface area contributed by atoms with Crippen molar-refractivity contribution in [3.8, 4) is 0 Å². The number of Topliss-reactive ketones (excluding diaryl/α,β-unsaturated/α-hetero) is 1. The lowest BCUT2D eigenvalue weighted by Gasteiger charge is -2.02. The van der Waals surface area contributed by atoms with E-state index in [-0.39, 0.29) is 11.7 Å². The normalized spacial score (nSPS) is 11.3. The summed E-state index contributed by atoms with van der Waals surface area (Å²) in [5, 5.41) is 7.97. The van der Waals surface area contributed by atoms with E-state index in [2.05, 4.69) is 24.2 Å². The van der Waals surface area contributed by atoms with Crippen molar-refractivity contribution in [1.82, 2.24) is 15.0 Å². The highest BCUT2D eigenvalue weighted by Crippen LogP contribution is 2.04. The number of hydrogen-bond donors (Lipinski definition) is 0. The van der Waals surface area contributed by atoms with Crippen LogP contribution in [0, 0.1) is 11.8 Å². The predicted molar refractivity (Wildman–Crippen MR) is 58.4 cm³/mol. The average Bonchev–Trinajstić information content (AvgIpc) is 2.51. The Hall–Kier alpha value is -1.19. The molecular weight excluding hydrogens is 190 g/mol. The van der Waals surface area contributed by atoms with Crippen LogP contribution in [0.5, 0.6) is 0 Å². The van der Waals surface area contributed by atoms with E-state index >= 15 is 0 Å². The molecule has 0 atom stereocenters. The van der Waals surface area contributed by atoms with Crippen LogP contribution in [0.15, 0.2) is 6.20 Å². The number of ketones is 1. The molecule has 84 valence electrons. The Morgan fingerprint density at radius 3 is 2.60 bits per heavy atom. The molecule has 1 heterocycles. The molecule has 0 saturated heterocycles. The van der Waals surface area contributed by atoms with Crippen molar-refractivity contribution in [1.29, 1.82) is 0 Å². The van der Waals surface area contributed by atoms with Crippen LogP contribution >= 0.6 is 0 Å². The molecular formula is C11H19N3O. The van der Waals surface area contributed by atoms with Crippen molar-refractivity contribution in [3.05, 3.63) is 11.9 Å². The quantitative estimate of drug-likeness (QED) is 0.741. The molecule has 0 aromatic carbocycles. The number of aromatic nitrogens is 3. The smallest absolute Gasteiger partial charge is 0.141 e. The summed E-state index contributed by atoms with van der Waals surface area (Å²) in [6, 6.07) is 0. The molecule has 0 spiro atoms. The molecule has 0 bridgehead atoms. The molecule has 1 rings (SSSR count). The minimum Gasteiger partial charge on any atom is -0.299 e. The molecule has 0 radical (unpaired) electrons. The molecule has 0 N–H and O–H groups in total. The second kappa shape index (κ2) is 5.05. The van der Waals surface area contributed by atoms with Crippen molar-refractivity contribution in [2.75, 3.05) is 0 Å². The van der Waals surface area contributed by atoms with Crippen molar-refractivity contribution in [3.63, 3.8) is 0 Å². The summed E-state index contributed by atoms with van der Waals surface area (Å²) < 4.78 is 1.80. The first kappa shape index (κ1) is 11.9. The van der Waals surface area contributed by atoms with Gasteiger partial charge in [0.05, 0.1) is 12.1 Å². The summed E-state index contributed by atoms with van der Waals surface area (Å²) in [5.74, 6) is 0.826. The van der Waals surface area contributed by atoms with Gasteiger partial charge in [-0.1, -0.05) is 32.9 Å². The van der Waals surface area contributed by atoms with Gasteiger partial charge < -0.3 is 0 Å². The average molecular weight is 209 g/mol. The second-order valence-corrected chi connectivity index (χ2v) is 4.62. The topological polar surface area (TPSA) is 47.8 Å². The van der Waals surface area contributed by atoms with Gasteiger partial charge in [0.1, 0.15) is 5.78 Å². The van der Waals surface area contributed by atoms with Gasteiger partial charge in [0.2, 0.25) is 0 Å². The van der Waals surface area contributed by atoms with Crippen molar-refractivity contribution >= 4 is 5.78 Å². The fourth-order valence-corrected chi connectivity index (χ4v) is 1.27. The summed E-state index contributed by atoms with van der Waals surface area (Å²) in [6.07, 6.45) is 2.26. The van der Waals surface area contributed by atoms with E-state index in [1.807, 2.05) is 20.0 Å². The minimum atomic E-state index is 0.0697. The molecule has 1 aromatic rings. The van der Waals surface area contributed by atoms with E-state index in [1.165, 1.54) is 0 Å². The van der Waals surface area contributed by atoms with Crippen LogP contribution in [0.3, 0.4) is 0 Å². The van der Waals surface area contributed by atoms with E-state index in [9.17, 15) is 4.79 Å².